The van der Waals surface area contributed by atoms with E-state index < -0.39 is 15.1 Å². The van der Waals surface area contributed by atoms with Crippen molar-refractivity contribution < 1.29 is 17.6 Å². The summed E-state index contributed by atoms with van der Waals surface area (Å²) in [7, 11) is -3.28. The Morgan fingerprint density at radius 2 is 1.67 bits per heavy atom. The average Bonchev–Trinajstić information content (AvgIpc) is 2.56. The minimum atomic E-state index is -3.28. The standard InChI is InChI=1S/C18H24FNO3S/c19-15-8-4-13(5-9-15)14-6-10-16(11-7-14)20-18(21)17-3-1-2-12-24(17,22)23/h4-5,8-9,14,16-17H,1-3,6-7,10-12H2,(H,20,21). The molecule has 1 atom stereocenters. The van der Waals surface area contributed by atoms with Gasteiger partial charge in [0, 0.05) is 6.04 Å². The van der Waals surface area contributed by atoms with E-state index in [0.717, 1.165) is 37.7 Å². The van der Waals surface area contributed by atoms with Crippen LogP contribution in [-0.4, -0.2) is 31.4 Å². The molecule has 0 bridgehead atoms. The fourth-order valence-corrected chi connectivity index (χ4v) is 5.66. The SMILES string of the molecule is O=C(NC1CCC(c2ccc(F)cc2)CC1)C1CCCCS1(=O)=O. The summed E-state index contributed by atoms with van der Waals surface area (Å²) < 4.78 is 37.1. The van der Waals surface area contributed by atoms with Gasteiger partial charge >= 0.3 is 0 Å². The van der Waals surface area contributed by atoms with Crippen LogP contribution in [0.1, 0.15) is 56.4 Å². The van der Waals surface area contributed by atoms with Crippen LogP contribution < -0.4 is 5.32 Å². The molecule has 1 N–H and O–H groups in total. The van der Waals surface area contributed by atoms with Gasteiger partial charge in [-0.2, -0.15) is 0 Å². The fraction of sp³-hybridized carbons (Fsp3) is 0.611. The normalized spacial score (nSPS) is 29.8. The zero-order chi connectivity index (χ0) is 17.2. The Labute approximate surface area is 142 Å². The fourth-order valence-electron chi connectivity index (χ4n) is 3.85. The first kappa shape index (κ1) is 17.4. The number of benzene rings is 1. The molecule has 1 aliphatic heterocycles. The smallest absolute Gasteiger partial charge is 0.238 e. The number of halogens is 1. The first-order chi connectivity index (χ1) is 11.5. The van der Waals surface area contributed by atoms with Gasteiger partial charge in [0.25, 0.3) is 0 Å². The van der Waals surface area contributed by atoms with Crippen LogP contribution in [0.3, 0.4) is 0 Å². The molecule has 0 aromatic heterocycles. The molecular weight excluding hydrogens is 329 g/mol. The minimum Gasteiger partial charge on any atom is -0.352 e. The van der Waals surface area contributed by atoms with Crippen LogP contribution in [0.2, 0.25) is 0 Å². The maximum Gasteiger partial charge on any atom is 0.238 e. The van der Waals surface area contributed by atoms with Crippen LogP contribution in [0.15, 0.2) is 24.3 Å². The van der Waals surface area contributed by atoms with Crippen molar-refractivity contribution in [2.24, 2.45) is 0 Å². The highest BCUT2D eigenvalue weighted by Gasteiger charge is 2.36. The van der Waals surface area contributed by atoms with Crippen LogP contribution in [-0.2, 0) is 14.6 Å². The Morgan fingerprint density at radius 1 is 1.00 bits per heavy atom. The number of hydrogen-bond donors (Lipinski definition) is 1. The minimum absolute atomic E-state index is 0.0475. The molecule has 24 heavy (non-hydrogen) atoms. The molecule has 4 nitrogen and oxygen atoms in total. The van der Waals surface area contributed by atoms with E-state index in [0.29, 0.717) is 18.8 Å². The zero-order valence-electron chi connectivity index (χ0n) is 13.7. The van der Waals surface area contributed by atoms with Gasteiger partial charge in [-0.1, -0.05) is 18.6 Å². The summed E-state index contributed by atoms with van der Waals surface area (Å²) in [6, 6.07) is 6.67. The summed E-state index contributed by atoms with van der Waals surface area (Å²) in [6.45, 7) is 0. The molecule has 1 aromatic rings. The van der Waals surface area contributed by atoms with Crippen molar-refractivity contribution in [1.29, 1.82) is 0 Å². The summed E-state index contributed by atoms with van der Waals surface area (Å²) in [5.41, 5.74) is 1.14. The quantitative estimate of drug-likeness (QED) is 0.909. The summed E-state index contributed by atoms with van der Waals surface area (Å²) >= 11 is 0. The molecule has 2 fully saturated rings. The van der Waals surface area contributed by atoms with E-state index >= 15 is 0 Å². The predicted molar refractivity (Wildman–Crippen MR) is 91.0 cm³/mol. The van der Waals surface area contributed by atoms with Gasteiger partial charge < -0.3 is 5.32 Å². The molecule has 1 amide bonds. The number of nitrogens with one attached hydrogen (secondary N) is 1. The lowest BCUT2D eigenvalue weighted by Crippen LogP contribution is -2.47. The van der Waals surface area contributed by atoms with Crippen molar-refractivity contribution in [3.05, 3.63) is 35.6 Å². The predicted octanol–water partition coefficient (Wildman–Crippen LogP) is 2.94. The van der Waals surface area contributed by atoms with Gasteiger partial charge in [0.2, 0.25) is 5.91 Å². The maximum absolute atomic E-state index is 13.0. The van der Waals surface area contributed by atoms with Gasteiger partial charge in [-0.25, -0.2) is 12.8 Å². The van der Waals surface area contributed by atoms with Crippen molar-refractivity contribution in [1.82, 2.24) is 5.32 Å². The molecule has 3 rings (SSSR count). The number of carbonyl (C=O) groups excluding carboxylic acids is 1. The summed E-state index contributed by atoms with van der Waals surface area (Å²) in [6.07, 6.45) is 5.42. The Hall–Kier alpha value is -1.43. The van der Waals surface area contributed by atoms with Crippen LogP contribution in [0.5, 0.6) is 0 Å². The van der Waals surface area contributed by atoms with Gasteiger partial charge in [0.15, 0.2) is 9.84 Å². The lowest BCUT2D eigenvalue weighted by atomic mass is 9.81. The third kappa shape index (κ3) is 3.97. The molecular formula is C18H24FNO3S. The lowest BCUT2D eigenvalue weighted by Gasteiger charge is -2.31. The summed E-state index contributed by atoms with van der Waals surface area (Å²) in [4.78, 5) is 12.3. The van der Waals surface area contributed by atoms with Crippen molar-refractivity contribution in [3.63, 3.8) is 0 Å². The van der Waals surface area contributed by atoms with Crippen molar-refractivity contribution >= 4 is 15.7 Å². The third-order valence-corrected chi connectivity index (χ3v) is 7.46. The van der Waals surface area contributed by atoms with Gasteiger partial charge in [-0.05, 0) is 62.1 Å². The molecule has 6 heteroatoms. The first-order valence-corrected chi connectivity index (χ1v) is 10.4. The van der Waals surface area contributed by atoms with Crippen LogP contribution >= 0.6 is 0 Å². The molecule has 1 saturated carbocycles. The second-order valence-electron chi connectivity index (χ2n) is 6.96. The Kier molecular flexibility index (Phi) is 5.23. The monoisotopic (exact) mass is 353 g/mol. The summed E-state index contributed by atoms with van der Waals surface area (Å²) in [5.74, 6) is -0.0342. The van der Waals surface area contributed by atoms with Crippen molar-refractivity contribution in [2.45, 2.75) is 62.2 Å². The highest BCUT2D eigenvalue weighted by Crippen LogP contribution is 2.33. The van der Waals surface area contributed by atoms with Crippen molar-refractivity contribution in [3.8, 4) is 0 Å². The second kappa shape index (κ2) is 7.21. The molecule has 1 aliphatic carbocycles. The summed E-state index contributed by atoms with van der Waals surface area (Å²) in [5, 5.41) is 2.09. The van der Waals surface area contributed by atoms with Gasteiger partial charge in [-0.15, -0.1) is 0 Å². The molecule has 0 spiro atoms. The Bertz CT molecular complexity index is 679. The number of sulfone groups is 1. The third-order valence-electron chi connectivity index (χ3n) is 5.29. The lowest BCUT2D eigenvalue weighted by molar-refractivity contribution is -0.121. The van der Waals surface area contributed by atoms with Gasteiger partial charge in [0.1, 0.15) is 11.1 Å². The van der Waals surface area contributed by atoms with Crippen LogP contribution in [0.25, 0.3) is 0 Å². The second-order valence-corrected chi connectivity index (χ2v) is 9.26. The van der Waals surface area contributed by atoms with E-state index in [4.69, 9.17) is 0 Å². The number of carbonyl (C=O) groups is 1. The van der Waals surface area contributed by atoms with E-state index in [-0.39, 0.29) is 23.5 Å². The Morgan fingerprint density at radius 3 is 2.29 bits per heavy atom. The highest BCUT2D eigenvalue weighted by atomic mass is 32.2. The van der Waals surface area contributed by atoms with E-state index in [9.17, 15) is 17.6 Å². The van der Waals surface area contributed by atoms with Crippen molar-refractivity contribution in [2.75, 3.05) is 5.75 Å². The molecule has 1 unspecified atom stereocenters. The number of rotatable bonds is 3. The average molecular weight is 353 g/mol. The Balaban J connectivity index is 1.53. The van der Waals surface area contributed by atoms with Gasteiger partial charge in [-0.3, -0.25) is 4.79 Å². The molecule has 1 saturated heterocycles. The number of hydrogen-bond acceptors (Lipinski definition) is 3. The van der Waals surface area contributed by atoms with E-state index in [1.165, 1.54) is 12.1 Å². The number of amides is 1. The molecule has 0 radical (unpaired) electrons. The molecule has 1 heterocycles. The van der Waals surface area contributed by atoms with Gasteiger partial charge in [0.05, 0.1) is 5.75 Å². The largest absolute Gasteiger partial charge is 0.352 e. The molecule has 1 aromatic carbocycles. The first-order valence-electron chi connectivity index (χ1n) is 8.73. The molecule has 2 aliphatic rings. The topological polar surface area (TPSA) is 63.2 Å². The van der Waals surface area contributed by atoms with E-state index in [2.05, 4.69) is 5.32 Å². The van der Waals surface area contributed by atoms with E-state index in [1.54, 1.807) is 0 Å². The van der Waals surface area contributed by atoms with E-state index in [1.807, 2.05) is 12.1 Å². The van der Waals surface area contributed by atoms with Crippen LogP contribution in [0, 0.1) is 5.82 Å². The highest BCUT2D eigenvalue weighted by molar-refractivity contribution is 7.92. The zero-order valence-corrected chi connectivity index (χ0v) is 14.5. The van der Waals surface area contributed by atoms with Crippen LogP contribution in [0.4, 0.5) is 4.39 Å². The molecule has 132 valence electrons. The maximum atomic E-state index is 13.0.